The highest BCUT2D eigenvalue weighted by Gasteiger charge is 1.94. The maximum absolute atomic E-state index is 10.1. The summed E-state index contributed by atoms with van der Waals surface area (Å²) in [6.07, 6.45) is 3.74. The van der Waals surface area contributed by atoms with Gasteiger partial charge in [0.1, 0.15) is 6.29 Å². The van der Waals surface area contributed by atoms with E-state index in [0.717, 1.165) is 18.3 Å². The van der Waals surface area contributed by atoms with E-state index in [9.17, 15) is 4.79 Å². The molecule has 0 amide bonds. The SMILES string of the molecule is COC(C)C/C=C(\C)C=O. The van der Waals surface area contributed by atoms with Crippen LogP contribution >= 0.6 is 0 Å². The summed E-state index contributed by atoms with van der Waals surface area (Å²) in [4.78, 5) is 10.1. The third-order valence-corrected chi connectivity index (χ3v) is 1.36. The first-order valence-corrected chi connectivity index (χ1v) is 3.35. The molecule has 0 saturated carbocycles. The minimum Gasteiger partial charge on any atom is -0.381 e. The maximum atomic E-state index is 10.1. The van der Waals surface area contributed by atoms with Crippen molar-refractivity contribution < 1.29 is 9.53 Å². The fourth-order valence-electron chi connectivity index (χ4n) is 0.496. The van der Waals surface area contributed by atoms with Gasteiger partial charge in [0.25, 0.3) is 0 Å². The first-order chi connectivity index (χ1) is 4.70. The van der Waals surface area contributed by atoms with Gasteiger partial charge in [-0.3, -0.25) is 4.79 Å². The quantitative estimate of drug-likeness (QED) is 0.440. The highest BCUT2D eigenvalue weighted by Crippen LogP contribution is 1.98. The Labute approximate surface area is 61.9 Å². The summed E-state index contributed by atoms with van der Waals surface area (Å²) in [5.74, 6) is 0. The van der Waals surface area contributed by atoms with Crippen molar-refractivity contribution in [2.24, 2.45) is 0 Å². The van der Waals surface area contributed by atoms with Crippen molar-refractivity contribution in [2.75, 3.05) is 7.11 Å². The molecule has 0 N–H and O–H groups in total. The maximum Gasteiger partial charge on any atom is 0.145 e. The first kappa shape index (κ1) is 9.37. The van der Waals surface area contributed by atoms with Gasteiger partial charge in [-0.25, -0.2) is 0 Å². The molecule has 2 nitrogen and oxygen atoms in total. The Morgan fingerprint density at radius 2 is 2.30 bits per heavy atom. The van der Waals surface area contributed by atoms with Crippen molar-refractivity contribution in [2.45, 2.75) is 26.4 Å². The molecule has 10 heavy (non-hydrogen) atoms. The molecular formula is C8H14O2. The zero-order valence-electron chi connectivity index (χ0n) is 6.76. The molecule has 0 fully saturated rings. The van der Waals surface area contributed by atoms with Crippen LogP contribution in [-0.2, 0) is 9.53 Å². The fourth-order valence-corrected chi connectivity index (χ4v) is 0.496. The number of carbonyl (C=O) groups is 1. The molecule has 0 aliphatic carbocycles. The molecule has 0 aliphatic heterocycles. The van der Waals surface area contributed by atoms with Crippen molar-refractivity contribution in [3.63, 3.8) is 0 Å². The van der Waals surface area contributed by atoms with E-state index in [2.05, 4.69) is 0 Å². The summed E-state index contributed by atoms with van der Waals surface area (Å²) >= 11 is 0. The molecule has 1 unspecified atom stereocenters. The smallest absolute Gasteiger partial charge is 0.145 e. The van der Waals surface area contributed by atoms with E-state index in [-0.39, 0.29) is 6.10 Å². The lowest BCUT2D eigenvalue weighted by molar-refractivity contribution is -0.104. The largest absolute Gasteiger partial charge is 0.381 e. The Balaban J connectivity index is 3.60. The van der Waals surface area contributed by atoms with E-state index in [1.54, 1.807) is 14.0 Å². The lowest BCUT2D eigenvalue weighted by atomic mass is 10.2. The van der Waals surface area contributed by atoms with Crippen LogP contribution in [-0.4, -0.2) is 19.5 Å². The summed E-state index contributed by atoms with van der Waals surface area (Å²) in [6.45, 7) is 3.75. The summed E-state index contributed by atoms with van der Waals surface area (Å²) in [6, 6.07) is 0. The zero-order chi connectivity index (χ0) is 7.98. The molecule has 0 aromatic carbocycles. The van der Waals surface area contributed by atoms with Gasteiger partial charge >= 0.3 is 0 Å². The molecular weight excluding hydrogens is 128 g/mol. The number of ether oxygens (including phenoxy) is 1. The standard InChI is InChI=1S/C8H14O2/c1-7(6-9)4-5-8(2)10-3/h4,6,8H,5H2,1-3H3/b7-4+. The van der Waals surface area contributed by atoms with Crippen LogP contribution in [0.15, 0.2) is 11.6 Å². The molecule has 0 aromatic heterocycles. The number of methoxy groups -OCH3 is 1. The Morgan fingerprint density at radius 1 is 1.70 bits per heavy atom. The molecule has 0 radical (unpaired) electrons. The van der Waals surface area contributed by atoms with Gasteiger partial charge < -0.3 is 4.74 Å². The average Bonchev–Trinajstić information content (AvgIpc) is 1.99. The number of allylic oxidation sites excluding steroid dienone is 1. The number of hydrogen-bond acceptors (Lipinski definition) is 2. The van der Waals surface area contributed by atoms with Gasteiger partial charge in [0, 0.05) is 7.11 Å². The van der Waals surface area contributed by atoms with Gasteiger partial charge in [-0.1, -0.05) is 6.08 Å². The monoisotopic (exact) mass is 142 g/mol. The predicted molar refractivity (Wildman–Crippen MR) is 40.9 cm³/mol. The van der Waals surface area contributed by atoms with Gasteiger partial charge in [0.15, 0.2) is 0 Å². The van der Waals surface area contributed by atoms with Gasteiger partial charge in [-0.15, -0.1) is 0 Å². The van der Waals surface area contributed by atoms with Crippen molar-refractivity contribution in [1.82, 2.24) is 0 Å². The van der Waals surface area contributed by atoms with E-state index < -0.39 is 0 Å². The Bertz CT molecular complexity index is 127. The Hall–Kier alpha value is -0.630. The normalized spacial score (nSPS) is 14.9. The van der Waals surface area contributed by atoms with E-state index in [4.69, 9.17) is 4.74 Å². The molecule has 0 heterocycles. The van der Waals surface area contributed by atoms with E-state index in [0.29, 0.717) is 0 Å². The van der Waals surface area contributed by atoms with Crippen LogP contribution < -0.4 is 0 Å². The number of rotatable bonds is 4. The minimum atomic E-state index is 0.204. The van der Waals surface area contributed by atoms with Gasteiger partial charge in [0.05, 0.1) is 6.10 Å². The molecule has 0 aliphatic rings. The summed E-state index contributed by atoms with van der Waals surface area (Å²) in [7, 11) is 1.66. The van der Waals surface area contributed by atoms with Gasteiger partial charge in [-0.05, 0) is 25.8 Å². The molecule has 0 rings (SSSR count). The lowest BCUT2D eigenvalue weighted by Crippen LogP contribution is -2.02. The summed E-state index contributed by atoms with van der Waals surface area (Å²) < 4.78 is 4.98. The lowest BCUT2D eigenvalue weighted by Gasteiger charge is -2.04. The van der Waals surface area contributed by atoms with E-state index >= 15 is 0 Å². The van der Waals surface area contributed by atoms with E-state index in [1.807, 2.05) is 13.0 Å². The molecule has 0 saturated heterocycles. The van der Waals surface area contributed by atoms with Crippen LogP contribution in [0, 0.1) is 0 Å². The number of hydrogen-bond donors (Lipinski definition) is 0. The van der Waals surface area contributed by atoms with Gasteiger partial charge in [0.2, 0.25) is 0 Å². The third-order valence-electron chi connectivity index (χ3n) is 1.36. The van der Waals surface area contributed by atoms with Crippen molar-refractivity contribution >= 4 is 6.29 Å². The summed E-state index contributed by atoms with van der Waals surface area (Å²) in [5, 5.41) is 0. The summed E-state index contributed by atoms with van der Waals surface area (Å²) in [5.41, 5.74) is 0.768. The van der Waals surface area contributed by atoms with Crippen LogP contribution in [0.4, 0.5) is 0 Å². The number of carbonyl (C=O) groups excluding carboxylic acids is 1. The Kier molecular flexibility index (Phi) is 4.85. The Morgan fingerprint density at radius 3 is 2.70 bits per heavy atom. The predicted octanol–water partition coefficient (Wildman–Crippen LogP) is 1.56. The molecule has 0 aromatic rings. The van der Waals surface area contributed by atoms with Gasteiger partial charge in [-0.2, -0.15) is 0 Å². The average molecular weight is 142 g/mol. The van der Waals surface area contributed by atoms with Crippen LogP contribution in [0.3, 0.4) is 0 Å². The highest BCUT2D eigenvalue weighted by molar-refractivity contribution is 5.71. The first-order valence-electron chi connectivity index (χ1n) is 3.35. The van der Waals surface area contributed by atoms with Crippen molar-refractivity contribution in [3.8, 4) is 0 Å². The second-order valence-electron chi connectivity index (χ2n) is 2.35. The van der Waals surface area contributed by atoms with E-state index in [1.165, 1.54) is 0 Å². The second-order valence-corrected chi connectivity index (χ2v) is 2.35. The molecule has 2 heteroatoms. The third kappa shape index (κ3) is 4.27. The minimum absolute atomic E-state index is 0.204. The van der Waals surface area contributed by atoms with Crippen molar-refractivity contribution in [1.29, 1.82) is 0 Å². The zero-order valence-corrected chi connectivity index (χ0v) is 6.76. The highest BCUT2D eigenvalue weighted by atomic mass is 16.5. The van der Waals surface area contributed by atoms with Crippen LogP contribution in [0.25, 0.3) is 0 Å². The van der Waals surface area contributed by atoms with Crippen LogP contribution in [0.5, 0.6) is 0 Å². The van der Waals surface area contributed by atoms with Crippen molar-refractivity contribution in [3.05, 3.63) is 11.6 Å². The van der Waals surface area contributed by atoms with Crippen LogP contribution in [0.2, 0.25) is 0 Å². The topological polar surface area (TPSA) is 26.3 Å². The molecule has 58 valence electrons. The molecule has 0 spiro atoms. The molecule has 0 bridgehead atoms. The molecule has 1 atom stereocenters. The van der Waals surface area contributed by atoms with Crippen LogP contribution in [0.1, 0.15) is 20.3 Å². The second kappa shape index (κ2) is 5.18. The number of aldehydes is 1. The fraction of sp³-hybridized carbons (Fsp3) is 0.625.